The first-order valence-corrected chi connectivity index (χ1v) is 6.55. The topological polar surface area (TPSA) is 75.6 Å². The number of aromatic carboxylic acids is 1. The maximum absolute atomic E-state index is 11.7. The van der Waals surface area contributed by atoms with Gasteiger partial charge in [-0.2, -0.15) is 0 Å². The minimum atomic E-state index is -1.05. The molecule has 0 heterocycles. The highest BCUT2D eigenvalue weighted by Crippen LogP contribution is 2.21. The van der Waals surface area contributed by atoms with Gasteiger partial charge in [-0.15, -0.1) is 0 Å². The highest BCUT2D eigenvalue weighted by molar-refractivity contribution is 9.10. The number of hydrogen-bond acceptors (Lipinski definition) is 3. The van der Waals surface area contributed by atoms with Crippen molar-refractivity contribution in [3.05, 3.63) is 28.2 Å². The van der Waals surface area contributed by atoms with Gasteiger partial charge in [-0.3, -0.25) is 4.79 Å². The fourth-order valence-electron chi connectivity index (χ4n) is 1.64. The Kier molecular flexibility index (Phi) is 5.98. The highest BCUT2D eigenvalue weighted by atomic mass is 79.9. The molecule has 104 valence electrons. The standard InChI is InChI=1S/C13H16BrNO4/c1-8(7-19-2)5-12(16)15-9-3-4-11(14)10(6-9)13(17)18/h3-4,6,8H,5,7H2,1-2H3,(H,15,16)(H,17,18). The zero-order chi connectivity index (χ0) is 14.4. The molecule has 0 radical (unpaired) electrons. The van der Waals surface area contributed by atoms with E-state index in [-0.39, 0.29) is 17.4 Å². The molecule has 0 saturated carbocycles. The van der Waals surface area contributed by atoms with E-state index in [0.29, 0.717) is 23.2 Å². The van der Waals surface area contributed by atoms with Gasteiger partial charge in [0.05, 0.1) is 5.56 Å². The maximum atomic E-state index is 11.7. The van der Waals surface area contributed by atoms with E-state index < -0.39 is 5.97 Å². The number of rotatable bonds is 6. The van der Waals surface area contributed by atoms with E-state index in [1.54, 1.807) is 19.2 Å². The Balaban J connectivity index is 2.69. The summed E-state index contributed by atoms with van der Waals surface area (Å²) >= 11 is 3.15. The van der Waals surface area contributed by atoms with Crippen LogP contribution in [0, 0.1) is 5.92 Å². The first-order chi connectivity index (χ1) is 8.93. The van der Waals surface area contributed by atoms with Crippen molar-refractivity contribution in [1.82, 2.24) is 0 Å². The highest BCUT2D eigenvalue weighted by Gasteiger charge is 2.12. The molecule has 0 fully saturated rings. The predicted octanol–water partition coefficient (Wildman–Crippen LogP) is 2.76. The van der Waals surface area contributed by atoms with Crippen molar-refractivity contribution < 1.29 is 19.4 Å². The number of nitrogens with one attached hydrogen (secondary N) is 1. The van der Waals surface area contributed by atoms with Crippen molar-refractivity contribution >= 4 is 33.5 Å². The Labute approximate surface area is 120 Å². The largest absolute Gasteiger partial charge is 0.478 e. The second-order valence-corrected chi connectivity index (χ2v) is 5.17. The smallest absolute Gasteiger partial charge is 0.336 e. The summed E-state index contributed by atoms with van der Waals surface area (Å²) in [5, 5.41) is 11.7. The first-order valence-electron chi connectivity index (χ1n) is 5.75. The van der Waals surface area contributed by atoms with Crippen molar-refractivity contribution in [3.8, 4) is 0 Å². The number of methoxy groups -OCH3 is 1. The Morgan fingerprint density at radius 1 is 1.47 bits per heavy atom. The lowest BCUT2D eigenvalue weighted by Gasteiger charge is -2.11. The molecule has 1 rings (SSSR count). The Morgan fingerprint density at radius 3 is 2.74 bits per heavy atom. The van der Waals surface area contributed by atoms with Crippen LogP contribution in [0.15, 0.2) is 22.7 Å². The Morgan fingerprint density at radius 2 is 2.16 bits per heavy atom. The van der Waals surface area contributed by atoms with Crippen molar-refractivity contribution in [2.24, 2.45) is 5.92 Å². The van der Waals surface area contributed by atoms with Crippen molar-refractivity contribution in [2.45, 2.75) is 13.3 Å². The molecule has 6 heteroatoms. The maximum Gasteiger partial charge on any atom is 0.336 e. The molecule has 1 unspecified atom stereocenters. The van der Waals surface area contributed by atoms with Crippen LogP contribution in [0.5, 0.6) is 0 Å². The monoisotopic (exact) mass is 329 g/mol. The van der Waals surface area contributed by atoms with Gasteiger partial charge < -0.3 is 15.2 Å². The lowest BCUT2D eigenvalue weighted by molar-refractivity contribution is -0.117. The molecule has 2 N–H and O–H groups in total. The number of amides is 1. The summed E-state index contributed by atoms with van der Waals surface area (Å²) < 4.78 is 5.43. The van der Waals surface area contributed by atoms with Gasteiger partial charge in [0.1, 0.15) is 0 Å². The molecule has 1 aromatic rings. The third-order valence-corrected chi connectivity index (χ3v) is 3.16. The number of carbonyl (C=O) groups excluding carboxylic acids is 1. The Bertz CT molecular complexity index is 476. The van der Waals surface area contributed by atoms with Gasteiger partial charge in [-0.25, -0.2) is 4.79 Å². The van der Waals surface area contributed by atoms with Crippen molar-refractivity contribution in [3.63, 3.8) is 0 Å². The van der Waals surface area contributed by atoms with Crippen molar-refractivity contribution in [2.75, 3.05) is 19.0 Å². The van der Waals surface area contributed by atoms with E-state index in [1.807, 2.05) is 6.92 Å². The van der Waals surface area contributed by atoms with Gasteiger partial charge in [0.2, 0.25) is 5.91 Å². The van der Waals surface area contributed by atoms with Gasteiger partial charge in [0.15, 0.2) is 0 Å². The molecule has 1 amide bonds. The number of ether oxygens (including phenoxy) is 1. The number of benzene rings is 1. The van der Waals surface area contributed by atoms with Crippen LogP contribution in [0.2, 0.25) is 0 Å². The number of carboxylic acids is 1. The molecule has 0 aliphatic carbocycles. The predicted molar refractivity (Wildman–Crippen MR) is 75.4 cm³/mol. The van der Waals surface area contributed by atoms with Crippen LogP contribution >= 0.6 is 15.9 Å². The second-order valence-electron chi connectivity index (χ2n) is 4.31. The van der Waals surface area contributed by atoms with Gasteiger partial charge >= 0.3 is 5.97 Å². The molecular weight excluding hydrogens is 314 g/mol. The zero-order valence-electron chi connectivity index (χ0n) is 10.8. The second kappa shape index (κ2) is 7.25. The fourth-order valence-corrected chi connectivity index (χ4v) is 2.06. The van der Waals surface area contributed by atoms with E-state index in [2.05, 4.69) is 21.2 Å². The Hall–Kier alpha value is -1.40. The lowest BCUT2D eigenvalue weighted by Crippen LogP contribution is -2.17. The van der Waals surface area contributed by atoms with Crippen LogP contribution in [0.3, 0.4) is 0 Å². The number of halogens is 1. The molecule has 1 atom stereocenters. The molecule has 0 aliphatic rings. The fraction of sp³-hybridized carbons (Fsp3) is 0.385. The molecule has 5 nitrogen and oxygen atoms in total. The van der Waals surface area contributed by atoms with Crippen LogP contribution in [-0.4, -0.2) is 30.7 Å². The summed E-state index contributed by atoms with van der Waals surface area (Å²) in [7, 11) is 1.59. The van der Waals surface area contributed by atoms with Crippen LogP contribution < -0.4 is 5.32 Å². The van der Waals surface area contributed by atoms with E-state index in [4.69, 9.17) is 9.84 Å². The van der Waals surface area contributed by atoms with E-state index in [0.717, 1.165) is 0 Å². The summed E-state index contributed by atoms with van der Waals surface area (Å²) in [6, 6.07) is 4.67. The third kappa shape index (κ3) is 5.00. The lowest BCUT2D eigenvalue weighted by atomic mass is 10.1. The minimum Gasteiger partial charge on any atom is -0.478 e. The molecule has 1 aromatic carbocycles. The molecule has 0 bridgehead atoms. The number of carboxylic acid groups (broad SMARTS) is 1. The molecule has 0 aromatic heterocycles. The number of carbonyl (C=O) groups is 2. The van der Waals surface area contributed by atoms with Crippen LogP contribution in [0.4, 0.5) is 5.69 Å². The van der Waals surface area contributed by atoms with E-state index in [9.17, 15) is 9.59 Å². The summed E-state index contributed by atoms with van der Waals surface area (Å²) in [6.07, 6.45) is 0.326. The van der Waals surface area contributed by atoms with Gasteiger partial charge in [0.25, 0.3) is 0 Å². The summed E-state index contributed by atoms with van der Waals surface area (Å²) in [5.41, 5.74) is 0.581. The summed E-state index contributed by atoms with van der Waals surface area (Å²) in [5.74, 6) is -1.10. The average Bonchev–Trinajstić information content (AvgIpc) is 2.31. The van der Waals surface area contributed by atoms with Crippen LogP contribution in [0.25, 0.3) is 0 Å². The van der Waals surface area contributed by atoms with Gasteiger partial charge in [-0.05, 0) is 40.0 Å². The number of anilines is 1. The molecule has 0 aliphatic heterocycles. The third-order valence-electron chi connectivity index (χ3n) is 2.47. The van der Waals surface area contributed by atoms with E-state index >= 15 is 0 Å². The zero-order valence-corrected chi connectivity index (χ0v) is 12.4. The van der Waals surface area contributed by atoms with E-state index in [1.165, 1.54) is 6.07 Å². The van der Waals surface area contributed by atoms with Crippen LogP contribution in [-0.2, 0) is 9.53 Å². The van der Waals surface area contributed by atoms with Gasteiger partial charge in [-0.1, -0.05) is 6.92 Å². The van der Waals surface area contributed by atoms with Crippen molar-refractivity contribution in [1.29, 1.82) is 0 Å². The van der Waals surface area contributed by atoms with Crippen LogP contribution in [0.1, 0.15) is 23.7 Å². The number of hydrogen-bond donors (Lipinski definition) is 2. The minimum absolute atomic E-state index is 0.111. The molecule has 19 heavy (non-hydrogen) atoms. The SMILES string of the molecule is COCC(C)CC(=O)Nc1ccc(Br)c(C(=O)O)c1. The summed E-state index contributed by atoms with van der Waals surface area (Å²) in [4.78, 5) is 22.7. The average molecular weight is 330 g/mol. The molecule has 0 spiro atoms. The molecule has 0 saturated heterocycles. The summed E-state index contributed by atoms with van der Waals surface area (Å²) in [6.45, 7) is 2.42. The molecular formula is C13H16BrNO4. The normalized spacial score (nSPS) is 11.9. The first kappa shape index (κ1) is 15.7. The van der Waals surface area contributed by atoms with Gasteiger partial charge in [0, 0.05) is 30.3 Å². The quantitative estimate of drug-likeness (QED) is 0.841.